The monoisotopic (exact) mass is 268 g/mol. The van der Waals surface area contributed by atoms with Crippen molar-refractivity contribution in [2.45, 2.75) is 57.6 Å². The number of ether oxygens (including phenoxy) is 1. The van der Waals surface area contributed by atoms with Crippen LogP contribution in [0.4, 0.5) is 0 Å². The Morgan fingerprint density at radius 2 is 2.05 bits per heavy atom. The lowest BCUT2D eigenvalue weighted by molar-refractivity contribution is -0.133. The maximum atomic E-state index is 11.6. The highest BCUT2D eigenvalue weighted by atomic mass is 16.5. The van der Waals surface area contributed by atoms with Gasteiger partial charge in [-0.1, -0.05) is 12.8 Å². The molecule has 1 spiro atoms. The highest BCUT2D eigenvalue weighted by Gasteiger charge is 2.56. The number of nitrogens with one attached hydrogen (secondary N) is 1. The normalized spacial score (nSPS) is 28.4. The summed E-state index contributed by atoms with van der Waals surface area (Å²) in [5.41, 5.74) is 0.372. The molecule has 2 saturated carbocycles. The van der Waals surface area contributed by atoms with Crippen molar-refractivity contribution in [3.63, 3.8) is 0 Å². The third-order valence-electron chi connectivity index (χ3n) is 4.92. The van der Waals surface area contributed by atoms with Gasteiger partial charge in [0.25, 0.3) is 0 Å². The molecule has 0 aromatic carbocycles. The zero-order valence-corrected chi connectivity index (χ0v) is 12.6. The second kappa shape index (κ2) is 6.23. The molecule has 0 aromatic heterocycles. The molecule has 0 heterocycles. The van der Waals surface area contributed by atoms with E-state index in [0.29, 0.717) is 24.0 Å². The van der Waals surface area contributed by atoms with E-state index >= 15 is 0 Å². The fourth-order valence-corrected chi connectivity index (χ4v) is 3.75. The highest BCUT2D eigenvalue weighted by Crippen LogP contribution is 2.54. The molecule has 0 aromatic rings. The molecule has 2 rings (SSSR count). The molecule has 2 aliphatic carbocycles. The van der Waals surface area contributed by atoms with Gasteiger partial charge in [0.15, 0.2) is 0 Å². The molecule has 4 nitrogen and oxygen atoms in total. The van der Waals surface area contributed by atoms with Crippen molar-refractivity contribution in [1.29, 1.82) is 0 Å². The predicted molar refractivity (Wildman–Crippen MR) is 76.0 cm³/mol. The number of hydrogen-bond donors (Lipinski definition) is 1. The number of hydrogen-bond acceptors (Lipinski definition) is 3. The Labute approximate surface area is 116 Å². The van der Waals surface area contributed by atoms with Crippen LogP contribution in [-0.2, 0) is 9.53 Å². The molecule has 0 radical (unpaired) electrons. The van der Waals surface area contributed by atoms with E-state index in [2.05, 4.69) is 12.2 Å². The lowest BCUT2D eigenvalue weighted by Gasteiger charge is -2.54. The molecule has 1 amide bonds. The summed E-state index contributed by atoms with van der Waals surface area (Å²) < 4.78 is 5.90. The van der Waals surface area contributed by atoms with Crippen LogP contribution in [0.5, 0.6) is 0 Å². The van der Waals surface area contributed by atoms with Crippen LogP contribution >= 0.6 is 0 Å². The average Bonchev–Trinajstić information content (AvgIpc) is 2.88. The van der Waals surface area contributed by atoms with Crippen LogP contribution in [0.25, 0.3) is 0 Å². The summed E-state index contributed by atoms with van der Waals surface area (Å²) in [5.74, 6) is 0.202. The maximum Gasteiger partial charge on any atom is 0.223 e. The third-order valence-corrected chi connectivity index (χ3v) is 4.92. The smallest absolute Gasteiger partial charge is 0.223 e. The summed E-state index contributed by atoms with van der Waals surface area (Å²) in [6, 6.07) is 0.557. The van der Waals surface area contributed by atoms with Gasteiger partial charge in [0.05, 0.1) is 6.10 Å². The van der Waals surface area contributed by atoms with Gasteiger partial charge in [0.1, 0.15) is 0 Å². The first kappa shape index (κ1) is 14.8. The molecule has 0 bridgehead atoms. The molecule has 19 heavy (non-hydrogen) atoms. The van der Waals surface area contributed by atoms with E-state index in [0.717, 1.165) is 19.6 Å². The molecule has 110 valence electrons. The Morgan fingerprint density at radius 3 is 2.63 bits per heavy atom. The van der Waals surface area contributed by atoms with Crippen LogP contribution in [0.1, 0.15) is 45.4 Å². The predicted octanol–water partition coefficient (Wildman–Crippen LogP) is 1.79. The fraction of sp³-hybridized carbons (Fsp3) is 0.933. The number of rotatable bonds is 6. The van der Waals surface area contributed by atoms with E-state index in [1.54, 1.807) is 4.90 Å². The van der Waals surface area contributed by atoms with Gasteiger partial charge < -0.3 is 15.0 Å². The van der Waals surface area contributed by atoms with Gasteiger partial charge in [-0.3, -0.25) is 4.79 Å². The van der Waals surface area contributed by atoms with Gasteiger partial charge in [0.2, 0.25) is 5.91 Å². The number of nitrogens with zero attached hydrogens (tertiary/aromatic N) is 1. The molecule has 2 fully saturated rings. The van der Waals surface area contributed by atoms with Gasteiger partial charge in [-0.25, -0.2) is 0 Å². The highest BCUT2D eigenvalue weighted by molar-refractivity contribution is 5.75. The van der Waals surface area contributed by atoms with Crippen LogP contribution in [0.2, 0.25) is 0 Å². The second-order valence-corrected chi connectivity index (χ2v) is 6.16. The van der Waals surface area contributed by atoms with E-state index in [1.165, 1.54) is 25.7 Å². The number of carbonyl (C=O) groups excluding carboxylic acids is 1. The van der Waals surface area contributed by atoms with Crippen molar-refractivity contribution < 1.29 is 9.53 Å². The van der Waals surface area contributed by atoms with E-state index in [9.17, 15) is 4.79 Å². The van der Waals surface area contributed by atoms with Gasteiger partial charge >= 0.3 is 0 Å². The van der Waals surface area contributed by atoms with Crippen LogP contribution in [0.3, 0.4) is 0 Å². The quantitative estimate of drug-likeness (QED) is 0.798. The summed E-state index contributed by atoms with van der Waals surface area (Å²) in [6.07, 6.45) is 7.40. The largest absolute Gasteiger partial charge is 0.378 e. The van der Waals surface area contributed by atoms with Crippen LogP contribution in [0.15, 0.2) is 0 Å². The zero-order valence-electron chi connectivity index (χ0n) is 12.6. The van der Waals surface area contributed by atoms with Gasteiger partial charge in [-0.05, 0) is 26.2 Å². The first-order valence-corrected chi connectivity index (χ1v) is 7.65. The van der Waals surface area contributed by atoms with Crippen molar-refractivity contribution in [3.05, 3.63) is 0 Å². The number of carbonyl (C=O) groups is 1. The molecule has 4 heteroatoms. The first-order valence-electron chi connectivity index (χ1n) is 7.65. The topological polar surface area (TPSA) is 41.6 Å². The molecule has 2 aliphatic rings. The SMILES string of the molecule is CCOC1CC(NCCC(=O)N(C)C)C12CCCC2. The second-order valence-electron chi connectivity index (χ2n) is 6.16. The maximum absolute atomic E-state index is 11.6. The molecule has 2 unspecified atom stereocenters. The fourth-order valence-electron chi connectivity index (χ4n) is 3.75. The Bertz CT molecular complexity index is 311. The molecule has 0 saturated heterocycles. The Kier molecular flexibility index (Phi) is 4.85. The molecule has 0 aliphatic heterocycles. The Hall–Kier alpha value is -0.610. The minimum absolute atomic E-state index is 0.202. The summed E-state index contributed by atoms with van der Waals surface area (Å²) in [5, 5.41) is 3.60. The average molecular weight is 268 g/mol. The summed E-state index contributed by atoms with van der Waals surface area (Å²) in [7, 11) is 3.63. The van der Waals surface area contributed by atoms with Crippen LogP contribution < -0.4 is 5.32 Å². The van der Waals surface area contributed by atoms with E-state index in [-0.39, 0.29) is 5.91 Å². The first-order chi connectivity index (χ1) is 9.10. The Morgan fingerprint density at radius 1 is 1.37 bits per heavy atom. The standard InChI is InChI=1S/C15H28N2O2/c1-4-19-13-11-12(15(13)8-5-6-9-15)16-10-7-14(18)17(2)3/h12-13,16H,4-11H2,1-3H3. The van der Waals surface area contributed by atoms with Gasteiger partial charge in [-0.2, -0.15) is 0 Å². The van der Waals surface area contributed by atoms with E-state index in [1.807, 2.05) is 14.1 Å². The van der Waals surface area contributed by atoms with Gasteiger partial charge in [-0.15, -0.1) is 0 Å². The zero-order chi connectivity index (χ0) is 13.9. The minimum atomic E-state index is 0.202. The van der Waals surface area contributed by atoms with E-state index < -0.39 is 0 Å². The summed E-state index contributed by atoms with van der Waals surface area (Å²) in [6.45, 7) is 3.69. The lowest BCUT2D eigenvalue weighted by atomic mass is 9.60. The van der Waals surface area contributed by atoms with Crippen molar-refractivity contribution in [3.8, 4) is 0 Å². The van der Waals surface area contributed by atoms with Crippen molar-refractivity contribution in [1.82, 2.24) is 10.2 Å². The third kappa shape index (κ3) is 2.95. The summed E-state index contributed by atoms with van der Waals surface area (Å²) >= 11 is 0. The molecular weight excluding hydrogens is 240 g/mol. The number of amides is 1. The van der Waals surface area contributed by atoms with Crippen molar-refractivity contribution in [2.75, 3.05) is 27.2 Å². The van der Waals surface area contributed by atoms with Crippen molar-refractivity contribution in [2.24, 2.45) is 5.41 Å². The van der Waals surface area contributed by atoms with Crippen LogP contribution in [-0.4, -0.2) is 50.2 Å². The lowest BCUT2D eigenvalue weighted by Crippen LogP contribution is -2.62. The molecule has 2 atom stereocenters. The molecule has 1 N–H and O–H groups in total. The van der Waals surface area contributed by atoms with Crippen LogP contribution in [0, 0.1) is 5.41 Å². The summed E-state index contributed by atoms with van der Waals surface area (Å²) in [4.78, 5) is 13.2. The minimum Gasteiger partial charge on any atom is -0.378 e. The van der Waals surface area contributed by atoms with Gasteiger partial charge in [0, 0.05) is 45.1 Å². The van der Waals surface area contributed by atoms with E-state index in [4.69, 9.17) is 4.74 Å². The molecular formula is C15H28N2O2. The van der Waals surface area contributed by atoms with Crippen molar-refractivity contribution >= 4 is 5.91 Å². The Balaban J connectivity index is 1.80.